The minimum Gasteiger partial charge on any atom is -0.458 e. The van der Waals surface area contributed by atoms with Gasteiger partial charge in [0.1, 0.15) is 23.3 Å². The van der Waals surface area contributed by atoms with Crippen molar-refractivity contribution in [1.82, 2.24) is 0 Å². The van der Waals surface area contributed by atoms with Crippen molar-refractivity contribution in [3.8, 4) is 0 Å². The summed E-state index contributed by atoms with van der Waals surface area (Å²) in [5.74, 6) is 0.299. The van der Waals surface area contributed by atoms with Crippen LogP contribution in [0, 0.1) is 18.7 Å². The molecular formula is C15H17FO3. The first-order valence-electron chi connectivity index (χ1n) is 6.61. The number of furan rings is 1. The molecule has 0 amide bonds. The largest absolute Gasteiger partial charge is 0.458 e. The van der Waals surface area contributed by atoms with Crippen LogP contribution >= 0.6 is 0 Å². The summed E-state index contributed by atoms with van der Waals surface area (Å²) in [6.07, 6.45) is 1.19. The van der Waals surface area contributed by atoms with Gasteiger partial charge in [-0.05, 0) is 38.0 Å². The van der Waals surface area contributed by atoms with Crippen LogP contribution in [0.2, 0.25) is 0 Å². The van der Waals surface area contributed by atoms with Crippen molar-refractivity contribution in [2.45, 2.75) is 25.9 Å². The molecule has 0 bridgehead atoms. The Balaban J connectivity index is 1.97. The number of fused-ring (bicyclic) bond motifs is 1. The van der Waals surface area contributed by atoms with Crippen LogP contribution in [0.5, 0.6) is 0 Å². The summed E-state index contributed by atoms with van der Waals surface area (Å²) in [6, 6.07) is 4.41. The lowest BCUT2D eigenvalue weighted by atomic mass is 9.93. The van der Waals surface area contributed by atoms with Crippen molar-refractivity contribution in [2.75, 3.05) is 13.2 Å². The Morgan fingerprint density at radius 3 is 3.00 bits per heavy atom. The first kappa shape index (κ1) is 12.6. The van der Waals surface area contributed by atoms with Crippen molar-refractivity contribution >= 4 is 11.0 Å². The zero-order chi connectivity index (χ0) is 13.4. The number of benzene rings is 1. The number of hydrogen-bond donors (Lipinski definition) is 1. The number of rotatable bonds is 2. The molecule has 1 fully saturated rings. The molecule has 2 atom stereocenters. The third-order valence-corrected chi connectivity index (χ3v) is 3.85. The topological polar surface area (TPSA) is 42.6 Å². The zero-order valence-electron chi connectivity index (χ0n) is 10.9. The number of aliphatic hydroxyl groups excluding tert-OH is 1. The average molecular weight is 264 g/mol. The second-order valence-corrected chi connectivity index (χ2v) is 5.15. The lowest BCUT2D eigenvalue weighted by molar-refractivity contribution is -0.0176. The van der Waals surface area contributed by atoms with Crippen LogP contribution in [0.15, 0.2) is 22.6 Å². The minimum absolute atomic E-state index is 0.0536. The first-order valence-corrected chi connectivity index (χ1v) is 6.61. The summed E-state index contributed by atoms with van der Waals surface area (Å²) in [6.45, 7) is 3.16. The molecule has 2 unspecified atom stereocenters. The van der Waals surface area contributed by atoms with Crippen LogP contribution < -0.4 is 0 Å². The molecule has 1 aromatic heterocycles. The standard InChI is InChI=1S/C15H17FO3/c1-9-12-7-11(16)4-5-13(12)19-15(9)14(17)10-3-2-6-18-8-10/h4-5,7,10,14,17H,2-3,6,8H2,1H3. The molecule has 2 heterocycles. The molecule has 3 nitrogen and oxygen atoms in total. The van der Waals surface area contributed by atoms with Gasteiger partial charge in [-0.1, -0.05) is 0 Å². The zero-order valence-corrected chi connectivity index (χ0v) is 10.9. The highest BCUT2D eigenvalue weighted by atomic mass is 19.1. The summed E-state index contributed by atoms with van der Waals surface area (Å²) < 4.78 is 24.4. The van der Waals surface area contributed by atoms with E-state index in [1.807, 2.05) is 6.92 Å². The second-order valence-electron chi connectivity index (χ2n) is 5.15. The second kappa shape index (κ2) is 4.94. The Labute approximate surface area is 111 Å². The SMILES string of the molecule is Cc1c(C(O)C2CCCOC2)oc2ccc(F)cc12. The van der Waals surface area contributed by atoms with E-state index in [-0.39, 0.29) is 11.7 Å². The molecule has 1 aliphatic rings. The minimum atomic E-state index is -0.684. The highest BCUT2D eigenvalue weighted by Gasteiger charge is 2.28. The van der Waals surface area contributed by atoms with Gasteiger partial charge in [0.15, 0.2) is 0 Å². The molecule has 1 aliphatic heterocycles. The quantitative estimate of drug-likeness (QED) is 0.904. The molecule has 1 N–H and O–H groups in total. The highest BCUT2D eigenvalue weighted by Crippen LogP contribution is 2.35. The molecule has 4 heteroatoms. The van der Waals surface area contributed by atoms with Crippen molar-refractivity contribution in [1.29, 1.82) is 0 Å². The van der Waals surface area contributed by atoms with Gasteiger partial charge in [-0.15, -0.1) is 0 Å². The van der Waals surface area contributed by atoms with Gasteiger partial charge in [-0.3, -0.25) is 0 Å². The normalized spacial score (nSPS) is 21.7. The van der Waals surface area contributed by atoms with Crippen LogP contribution in [0.4, 0.5) is 4.39 Å². The van der Waals surface area contributed by atoms with E-state index >= 15 is 0 Å². The van der Waals surface area contributed by atoms with Crippen molar-refractivity contribution < 1.29 is 18.7 Å². The van der Waals surface area contributed by atoms with Gasteiger partial charge in [0.05, 0.1) is 6.61 Å². The number of aliphatic hydroxyl groups is 1. The molecule has 0 saturated carbocycles. The monoisotopic (exact) mass is 264 g/mol. The van der Waals surface area contributed by atoms with E-state index in [2.05, 4.69) is 0 Å². The predicted octanol–water partition coefficient (Wildman–Crippen LogP) is 3.34. The molecule has 1 aromatic carbocycles. The van der Waals surface area contributed by atoms with Crippen LogP contribution in [0.25, 0.3) is 11.0 Å². The fraction of sp³-hybridized carbons (Fsp3) is 0.467. The van der Waals surface area contributed by atoms with E-state index in [9.17, 15) is 9.50 Å². The Kier molecular flexibility index (Phi) is 3.29. The van der Waals surface area contributed by atoms with Crippen LogP contribution in [-0.2, 0) is 4.74 Å². The van der Waals surface area contributed by atoms with Crippen LogP contribution in [0.3, 0.4) is 0 Å². The third kappa shape index (κ3) is 2.26. The molecular weight excluding hydrogens is 247 g/mol. The molecule has 0 spiro atoms. The fourth-order valence-electron chi connectivity index (χ4n) is 2.72. The van der Waals surface area contributed by atoms with Crippen LogP contribution in [0.1, 0.15) is 30.3 Å². The molecule has 19 heavy (non-hydrogen) atoms. The number of aryl methyl sites for hydroxylation is 1. The first-order chi connectivity index (χ1) is 9.16. The fourth-order valence-corrected chi connectivity index (χ4v) is 2.72. The van der Waals surface area contributed by atoms with Gasteiger partial charge in [0.25, 0.3) is 0 Å². The number of ether oxygens (including phenoxy) is 1. The number of hydrogen-bond acceptors (Lipinski definition) is 3. The lowest BCUT2D eigenvalue weighted by Crippen LogP contribution is -2.23. The lowest BCUT2D eigenvalue weighted by Gasteiger charge is -2.25. The summed E-state index contributed by atoms with van der Waals surface area (Å²) >= 11 is 0. The van der Waals surface area contributed by atoms with E-state index in [0.717, 1.165) is 30.4 Å². The van der Waals surface area contributed by atoms with Gasteiger partial charge in [0, 0.05) is 23.5 Å². The van der Waals surface area contributed by atoms with Gasteiger partial charge >= 0.3 is 0 Å². The maximum Gasteiger partial charge on any atom is 0.137 e. The summed E-state index contributed by atoms with van der Waals surface area (Å²) in [5.41, 5.74) is 1.43. The average Bonchev–Trinajstić information content (AvgIpc) is 2.76. The van der Waals surface area contributed by atoms with E-state index in [1.54, 1.807) is 6.07 Å². The molecule has 2 aromatic rings. The van der Waals surface area contributed by atoms with Gasteiger partial charge < -0.3 is 14.3 Å². The summed E-state index contributed by atoms with van der Waals surface area (Å²) in [7, 11) is 0. The maximum atomic E-state index is 13.3. The van der Waals surface area contributed by atoms with Gasteiger partial charge in [-0.25, -0.2) is 4.39 Å². The van der Waals surface area contributed by atoms with E-state index in [0.29, 0.717) is 18.0 Å². The Hall–Kier alpha value is -1.39. The smallest absolute Gasteiger partial charge is 0.137 e. The number of halogens is 1. The summed E-state index contributed by atoms with van der Waals surface area (Å²) in [4.78, 5) is 0. The molecule has 0 aliphatic carbocycles. The van der Waals surface area contributed by atoms with Crippen molar-refractivity contribution in [3.63, 3.8) is 0 Å². The van der Waals surface area contributed by atoms with Crippen LogP contribution in [-0.4, -0.2) is 18.3 Å². The predicted molar refractivity (Wildman–Crippen MR) is 69.4 cm³/mol. The van der Waals surface area contributed by atoms with E-state index < -0.39 is 6.10 Å². The van der Waals surface area contributed by atoms with E-state index in [1.165, 1.54) is 12.1 Å². The van der Waals surface area contributed by atoms with Crippen molar-refractivity contribution in [2.24, 2.45) is 5.92 Å². The van der Waals surface area contributed by atoms with Gasteiger partial charge in [0.2, 0.25) is 0 Å². The highest BCUT2D eigenvalue weighted by molar-refractivity contribution is 5.82. The molecule has 0 radical (unpaired) electrons. The maximum absolute atomic E-state index is 13.3. The molecule has 102 valence electrons. The third-order valence-electron chi connectivity index (χ3n) is 3.85. The Morgan fingerprint density at radius 2 is 2.26 bits per heavy atom. The van der Waals surface area contributed by atoms with E-state index in [4.69, 9.17) is 9.15 Å². The molecule has 1 saturated heterocycles. The summed E-state index contributed by atoms with van der Waals surface area (Å²) in [5, 5.41) is 11.2. The van der Waals surface area contributed by atoms with Gasteiger partial charge in [-0.2, -0.15) is 0 Å². The Bertz CT molecular complexity index is 584. The van der Waals surface area contributed by atoms with Crippen molar-refractivity contribution in [3.05, 3.63) is 35.3 Å². The molecule has 3 rings (SSSR count). The Morgan fingerprint density at radius 1 is 1.42 bits per heavy atom.